The molecule has 0 aliphatic heterocycles. The van der Waals surface area contributed by atoms with Gasteiger partial charge in [0.2, 0.25) is 0 Å². The predicted molar refractivity (Wildman–Crippen MR) is 48.0 cm³/mol. The molecule has 3 heteroatoms. The van der Waals surface area contributed by atoms with Gasteiger partial charge < -0.3 is 9.16 Å². The van der Waals surface area contributed by atoms with Gasteiger partial charge in [-0.2, -0.15) is 0 Å². The van der Waals surface area contributed by atoms with Crippen LogP contribution in [-0.2, 0) is 9.16 Å². The molecule has 0 bridgehead atoms. The van der Waals surface area contributed by atoms with Gasteiger partial charge in [-0.25, -0.2) is 0 Å². The van der Waals surface area contributed by atoms with Gasteiger partial charge in [0.05, 0.1) is 6.10 Å². The summed E-state index contributed by atoms with van der Waals surface area (Å²) in [4.78, 5) is 0. The normalized spacial score (nSPS) is 21.8. The summed E-state index contributed by atoms with van der Waals surface area (Å²) in [6.45, 7) is 8.54. The summed E-state index contributed by atoms with van der Waals surface area (Å²) in [7, 11) is -1.38. The molecular formula is C8H18O2Si. The van der Waals surface area contributed by atoms with Crippen molar-refractivity contribution in [2.75, 3.05) is 0 Å². The van der Waals surface area contributed by atoms with Crippen LogP contribution >= 0.6 is 0 Å². The van der Waals surface area contributed by atoms with Crippen molar-refractivity contribution < 1.29 is 9.16 Å². The number of hydrogen-bond donors (Lipinski definition) is 0. The second-order valence-corrected chi connectivity index (χ2v) is 8.59. The number of ether oxygens (including phenoxy) is 1. The van der Waals surface area contributed by atoms with Gasteiger partial charge in [-0.3, -0.25) is 0 Å². The summed E-state index contributed by atoms with van der Waals surface area (Å²) < 4.78 is 11.3. The first-order valence-corrected chi connectivity index (χ1v) is 7.71. The van der Waals surface area contributed by atoms with Crippen LogP contribution in [0.15, 0.2) is 0 Å². The lowest BCUT2D eigenvalue weighted by Crippen LogP contribution is -2.32. The smallest absolute Gasteiger partial charge is 0.187 e. The van der Waals surface area contributed by atoms with E-state index in [9.17, 15) is 0 Å². The van der Waals surface area contributed by atoms with Crippen molar-refractivity contribution in [3.8, 4) is 0 Å². The van der Waals surface area contributed by atoms with Gasteiger partial charge in [-0.1, -0.05) is 0 Å². The molecule has 0 aromatic carbocycles. The summed E-state index contributed by atoms with van der Waals surface area (Å²) in [6.07, 6.45) is 2.95. The lowest BCUT2D eigenvalue weighted by molar-refractivity contribution is -0.0810. The Morgan fingerprint density at radius 1 is 1.27 bits per heavy atom. The van der Waals surface area contributed by atoms with Crippen LogP contribution < -0.4 is 0 Å². The molecule has 1 fully saturated rings. The van der Waals surface area contributed by atoms with E-state index < -0.39 is 8.32 Å². The second-order valence-electron chi connectivity index (χ2n) is 4.13. The minimum absolute atomic E-state index is 0.00849. The number of rotatable bonds is 4. The Bertz CT molecular complexity index is 127. The van der Waals surface area contributed by atoms with E-state index in [1.54, 1.807) is 0 Å². The zero-order valence-electron chi connectivity index (χ0n) is 7.89. The lowest BCUT2D eigenvalue weighted by Gasteiger charge is -2.23. The van der Waals surface area contributed by atoms with Crippen LogP contribution in [0.1, 0.15) is 19.8 Å². The van der Waals surface area contributed by atoms with Crippen molar-refractivity contribution in [3.05, 3.63) is 0 Å². The zero-order chi connectivity index (χ0) is 8.48. The van der Waals surface area contributed by atoms with Crippen LogP contribution in [-0.4, -0.2) is 20.7 Å². The Kier molecular flexibility index (Phi) is 2.73. The average Bonchev–Trinajstić information content (AvgIpc) is 2.42. The molecule has 1 rings (SSSR count). The molecule has 0 aromatic rings. The first-order valence-electron chi connectivity index (χ1n) is 4.31. The third kappa shape index (κ3) is 4.56. The van der Waals surface area contributed by atoms with Gasteiger partial charge in [0.1, 0.15) is 6.29 Å². The second kappa shape index (κ2) is 3.25. The molecule has 0 radical (unpaired) electrons. The van der Waals surface area contributed by atoms with Crippen LogP contribution in [0.5, 0.6) is 0 Å². The molecule has 1 aliphatic carbocycles. The number of hydrogen-bond acceptors (Lipinski definition) is 2. The minimum atomic E-state index is -1.38. The molecule has 0 aromatic heterocycles. The van der Waals surface area contributed by atoms with Gasteiger partial charge in [0.15, 0.2) is 8.32 Å². The molecule has 0 heterocycles. The Balaban J connectivity index is 2.13. The molecule has 1 unspecified atom stereocenters. The minimum Gasteiger partial charge on any atom is -0.393 e. The summed E-state index contributed by atoms with van der Waals surface area (Å²) >= 11 is 0. The summed E-state index contributed by atoms with van der Waals surface area (Å²) in [5.74, 6) is 0. The van der Waals surface area contributed by atoms with Gasteiger partial charge in [-0.15, -0.1) is 0 Å². The predicted octanol–water partition coefficient (Wildman–Crippen LogP) is 2.36. The van der Waals surface area contributed by atoms with Gasteiger partial charge in [-0.05, 0) is 39.4 Å². The Hall–Kier alpha value is 0.137. The molecule has 0 spiro atoms. The molecule has 0 amide bonds. The van der Waals surface area contributed by atoms with Crippen LogP contribution in [0.2, 0.25) is 19.6 Å². The first kappa shape index (κ1) is 9.23. The highest BCUT2D eigenvalue weighted by Gasteiger charge is 2.27. The van der Waals surface area contributed by atoms with Crippen molar-refractivity contribution in [1.82, 2.24) is 0 Å². The monoisotopic (exact) mass is 174 g/mol. The summed E-state index contributed by atoms with van der Waals surface area (Å²) in [5, 5.41) is 0. The van der Waals surface area contributed by atoms with Gasteiger partial charge in [0.25, 0.3) is 0 Å². The van der Waals surface area contributed by atoms with Crippen LogP contribution in [0.25, 0.3) is 0 Å². The molecule has 0 saturated heterocycles. The van der Waals surface area contributed by atoms with Crippen molar-refractivity contribution in [3.63, 3.8) is 0 Å². The summed E-state index contributed by atoms with van der Waals surface area (Å²) in [6, 6.07) is 0. The quantitative estimate of drug-likeness (QED) is 0.481. The van der Waals surface area contributed by atoms with Crippen molar-refractivity contribution in [2.45, 2.75) is 51.8 Å². The summed E-state index contributed by atoms with van der Waals surface area (Å²) in [5.41, 5.74) is 0. The van der Waals surface area contributed by atoms with E-state index in [4.69, 9.17) is 9.16 Å². The van der Waals surface area contributed by atoms with E-state index in [-0.39, 0.29) is 6.29 Å². The highest BCUT2D eigenvalue weighted by Crippen LogP contribution is 2.25. The molecule has 1 aliphatic rings. The van der Waals surface area contributed by atoms with Crippen LogP contribution in [0.4, 0.5) is 0 Å². The molecular weight excluding hydrogens is 156 g/mol. The van der Waals surface area contributed by atoms with E-state index in [2.05, 4.69) is 19.6 Å². The SMILES string of the molecule is CC(OC1CC1)O[Si](C)(C)C. The van der Waals surface area contributed by atoms with Crippen LogP contribution in [0, 0.1) is 0 Å². The fourth-order valence-electron chi connectivity index (χ4n) is 1.00. The van der Waals surface area contributed by atoms with Gasteiger partial charge in [0, 0.05) is 0 Å². The maximum Gasteiger partial charge on any atom is 0.187 e. The highest BCUT2D eigenvalue weighted by molar-refractivity contribution is 6.69. The third-order valence-corrected chi connectivity index (χ3v) is 2.47. The third-order valence-electron chi connectivity index (χ3n) is 1.43. The van der Waals surface area contributed by atoms with E-state index in [0.29, 0.717) is 6.10 Å². The zero-order valence-corrected chi connectivity index (χ0v) is 8.89. The maximum atomic E-state index is 5.71. The molecule has 1 atom stereocenters. The molecule has 11 heavy (non-hydrogen) atoms. The van der Waals surface area contributed by atoms with E-state index >= 15 is 0 Å². The maximum absolute atomic E-state index is 5.71. The van der Waals surface area contributed by atoms with Crippen molar-refractivity contribution >= 4 is 8.32 Å². The molecule has 1 saturated carbocycles. The fraction of sp³-hybridized carbons (Fsp3) is 1.00. The lowest BCUT2D eigenvalue weighted by atomic mass is 10.7. The van der Waals surface area contributed by atoms with E-state index in [1.165, 1.54) is 12.8 Å². The standard InChI is InChI=1S/C8H18O2Si/c1-7(9-8-5-6-8)10-11(2,3)4/h7-8H,5-6H2,1-4H3. The molecule has 66 valence electrons. The molecule has 2 nitrogen and oxygen atoms in total. The fourth-order valence-corrected chi connectivity index (χ4v) is 2.05. The first-order chi connectivity index (χ1) is 4.97. The van der Waals surface area contributed by atoms with Crippen molar-refractivity contribution in [2.24, 2.45) is 0 Å². The van der Waals surface area contributed by atoms with Gasteiger partial charge >= 0.3 is 0 Å². The Morgan fingerprint density at radius 2 is 1.82 bits per heavy atom. The van der Waals surface area contributed by atoms with Crippen LogP contribution in [0.3, 0.4) is 0 Å². The average molecular weight is 174 g/mol. The Labute approximate surface area is 70.0 Å². The topological polar surface area (TPSA) is 18.5 Å². The largest absolute Gasteiger partial charge is 0.393 e. The van der Waals surface area contributed by atoms with Crippen molar-refractivity contribution in [1.29, 1.82) is 0 Å². The highest BCUT2D eigenvalue weighted by atomic mass is 28.4. The van der Waals surface area contributed by atoms with E-state index in [1.807, 2.05) is 6.92 Å². The van der Waals surface area contributed by atoms with E-state index in [0.717, 1.165) is 0 Å². The Morgan fingerprint density at radius 3 is 2.18 bits per heavy atom. The molecule has 0 N–H and O–H groups in total.